The number of aryl methyl sites for hydroxylation is 1. The molecule has 1 atom stereocenters. The average Bonchev–Trinajstić information content (AvgIpc) is 2.83. The van der Waals surface area contributed by atoms with E-state index in [4.69, 9.17) is 23.2 Å². The number of halogens is 2. The first-order valence-corrected chi connectivity index (χ1v) is 15.4. The number of hydrogen-bond donors (Lipinski definition) is 1. The minimum Gasteiger partial charge on any atom is -0.350 e. The van der Waals surface area contributed by atoms with Crippen LogP contribution >= 0.6 is 23.2 Å². The molecular weight excluding hydrogens is 569 g/mol. The number of amides is 2. The molecule has 0 saturated carbocycles. The number of anilines is 1. The van der Waals surface area contributed by atoms with Crippen LogP contribution in [0, 0.1) is 6.92 Å². The zero-order valence-corrected chi connectivity index (χ0v) is 25.6. The van der Waals surface area contributed by atoms with E-state index in [2.05, 4.69) is 5.32 Å². The first-order valence-electron chi connectivity index (χ1n) is 12.8. The van der Waals surface area contributed by atoms with Gasteiger partial charge in [0.05, 0.1) is 11.9 Å². The summed E-state index contributed by atoms with van der Waals surface area (Å²) in [7, 11) is -3.93. The van der Waals surface area contributed by atoms with Crippen LogP contribution in [0.3, 0.4) is 0 Å². The smallest absolute Gasteiger partial charge is 0.244 e. The van der Waals surface area contributed by atoms with E-state index in [0.29, 0.717) is 0 Å². The Kier molecular flexibility index (Phi) is 10.3. The Morgan fingerprint density at radius 2 is 1.50 bits per heavy atom. The maximum atomic E-state index is 14.1. The average molecular weight is 605 g/mol. The van der Waals surface area contributed by atoms with Gasteiger partial charge in [-0.15, -0.1) is 0 Å². The molecule has 40 heavy (non-hydrogen) atoms. The summed E-state index contributed by atoms with van der Waals surface area (Å²) in [6, 6.07) is 20.4. The fourth-order valence-electron chi connectivity index (χ4n) is 4.27. The Labute approximate surface area is 247 Å². The lowest BCUT2D eigenvalue weighted by atomic mass is 10.00. The van der Waals surface area contributed by atoms with Gasteiger partial charge < -0.3 is 10.2 Å². The van der Waals surface area contributed by atoms with Gasteiger partial charge in [0.15, 0.2) is 0 Å². The molecule has 0 aromatic heterocycles. The highest BCUT2D eigenvalue weighted by Gasteiger charge is 2.34. The number of benzene rings is 3. The first-order chi connectivity index (χ1) is 18.6. The molecule has 0 aliphatic carbocycles. The Hall–Kier alpha value is -3.07. The van der Waals surface area contributed by atoms with Crippen molar-refractivity contribution in [2.75, 3.05) is 17.1 Å². The van der Waals surface area contributed by atoms with Gasteiger partial charge in [0.2, 0.25) is 21.8 Å². The zero-order chi connectivity index (χ0) is 29.7. The van der Waals surface area contributed by atoms with Gasteiger partial charge in [-0.3, -0.25) is 13.9 Å². The van der Waals surface area contributed by atoms with Gasteiger partial charge in [0, 0.05) is 28.5 Å². The van der Waals surface area contributed by atoms with Crippen LogP contribution in [0.2, 0.25) is 10.0 Å². The lowest BCUT2D eigenvalue weighted by molar-refractivity contribution is -0.140. The second-order valence-electron chi connectivity index (χ2n) is 10.8. The fourth-order valence-corrected chi connectivity index (χ4v) is 5.62. The Bertz CT molecular complexity index is 1440. The highest BCUT2D eigenvalue weighted by molar-refractivity contribution is 7.92. The van der Waals surface area contributed by atoms with Crippen LogP contribution < -0.4 is 9.62 Å². The van der Waals surface area contributed by atoms with Crippen molar-refractivity contribution in [3.05, 3.63) is 99.5 Å². The van der Waals surface area contributed by atoms with Gasteiger partial charge in [-0.05, 0) is 62.6 Å². The minimum atomic E-state index is -3.93. The minimum absolute atomic E-state index is 0.106. The lowest BCUT2D eigenvalue weighted by Crippen LogP contribution is -2.56. The van der Waals surface area contributed by atoms with Crippen LogP contribution in [0.4, 0.5) is 5.69 Å². The highest BCUT2D eigenvalue weighted by atomic mass is 35.5. The van der Waals surface area contributed by atoms with Gasteiger partial charge in [-0.1, -0.05) is 77.8 Å². The first kappa shape index (κ1) is 31.5. The Balaban J connectivity index is 2.10. The van der Waals surface area contributed by atoms with E-state index in [1.807, 2.05) is 82.3 Å². The molecule has 1 N–H and O–H groups in total. The van der Waals surface area contributed by atoms with E-state index in [9.17, 15) is 18.0 Å². The molecule has 0 saturated heterocycles. The summed E-state index contributed by atoms with van der Waals surface area (Å²) < 4.78 is 26.8. The summed E-state index contributed by atoms with van der Waals surface area (Å²) in [4.78, 5) is 29.3. The van der Waals surface area contributed by atoms with E-state index in [1.165, 1.54) is 23.1 Å². The third-order valence-electron chi connectivity index (χ3n) is 6.19. The predicted molar refractivity (Wildman–Crippen MR) is 162 cm³/mol. The summed E-state index contributed by atoms with van der Waals surface area (Å²) >= 11 is 12.3. The summed E-state index contributed by atoms with van der Waals surface area (Å²) in [6.07, 6.45) is 1.25. The highest BCUT2D eigenvalue weighted by Crippen LogP contribution is 2.28. The van der Waals surface area contributed by atoms with Gasteiger partial charge in [0.1, 0.15) is 12.6 Å². The molecule has 0 radical (unpaired) electrons. The third-order valence-corrected chi connectivity index (χ3v) is 7.76. The van der Waals surface area contributed by atoms with Crippen molar-refractivity contribution >= 4 is 50.7 Å². The predicted octanol–water partition coefficient (Wildman–Crippen LogP) is 5.62. The van der Waals surface area contributed by atoms with E-state index < -0.39 is 34.1 Å². The SMILES string of the molecule is Cc1ccccc1CN(C(=O)CN(c1cc(Cl)cc(Cl)c1)S(C)(=O)=O)[C@@H](Cc1ccccc1)C(=O)NC(C)(C)C. The standard InChI is InChI=1S/C30H35Cl2N3O4S/c1-21-11-9-10-14-23(21)19-34(27(29(37)33-30(2,3)4)15-22-12-7-6-8-13-22)28(36)20-35(40(5,38)39)26-17-24(31)16-25(32)18-26/h6-14,16-18,27H,15,19-20H2,1-5H3,(H,33,37)/t27-/m0/s1. The van der Waals surface area contributed by atoms with Crippen molar-refractivity contribution in [2.24, 2.45) is 0 Å². The number of sulfonamides is 1. The van der Waals surface area contributed by atoms with Crippen LogP contribution in [0.1, 0.15) is 37.5 Å². The summed E-state index contributed by atoms with van der Waals surface area (Å²) in [5.41, 5.74) is 2.24. The van der Waals surface area contributed by atoms with E-state index in [-0.39, 0.29) is 34.6 Å². The van der Waals surface area contributed by atoms with Gasteiger partial charge >= 0.3 is 0 Å². The quantitative estimate of drug-likeness (QED) is 0.326. The Morgan fingerprint density at radius 3 is 2.05 bits per heavy atom. The van der Waals surface area contributed by atoms with Crippen LogP contribution in [0.5, 0.6) is 0 Å². The monoisotopic (exact) mass is 603 g/mol. The van der Waals surface area contributed by atoms with Crippen molar-refractivity contribution in [1.29, 1.82) is 0 Å². The lowest BCUT2D eigenvalue weighted by Gasteiger charge is -2.35. The van der Waals surface area contributed by atoms with Gasteiger partial charge in [-0.25, -0.2) is 8.42 Å². The van der Waals surface area contributed by atoms with Gasteiger partial charge in [0.25, 0.3) is 0 Å². The van der Waals surface area contributed by atoms with Crippen molar-refractivity contribution in [1.82, 2.24) is 10.2 Å². The molecule has 3 rings (SSSR count). The number of carbonyl (C=O) groups excluding carboxylic acids is 2. The maximum Gasteiger partial charge on any atom is 0.244 e. The molecule has 0 aliphatic heterocycles. The third kappa shape index (κ3) is 8.98. The molecular formula is C30H35Cl2N3O4S. The summed E-state index contributed by atoms with van der Waals surface area (Å²) in [5.74, 6) is -0.884. The summed E-state index contributed by atoms with van der Waals surface area (Å²) in [6.45, 7) is 7.09. The van der Waals surface area contributed by atoms with Crippen molar-refractivity contribution < 1.29 is 18.0 Å². The number of nitrogens with zero attached hydrogens (tertiary/aromatic N) is 2. The van der Waals surface area contributed by atoms with Crippen LogP contribution in [0.25, 0.3) is 0 Å². The molecule has 0 bridgehead atoms. The Morgan fingerprint density at radius 1 is 0.925 bits per heavy atom. The van der Waals surface area contributed by atoms with E-state index >= 15 is 0 Å². The van der Waals surface area contributed by atoms with Crippen molar-refractivity contribution in [3.8, 4) is 0 Å². The second-order valence-corrected chi connectivity index (χ2v) is 13.6. The number of nitrogens with one attached hydrogen (secondary N) is 1. The molecule has 0 fully saturated rings. The maximum absolute atomic E-state index is 14.1. The molecule has 0 unspecified atom stereocenters. The number of hydrogen-bond acceptors (Lipinski definition) is 4. The van der Waals surface area contributed by atoms with Crippen LogP contribution in [-0.4, -0.2) is 49.5 Å². The largest absolute Gasteiger partial charge is 0.350 e. The molecule has 3 aromatic carbocycles. The number of carbonyl (C=O) groups is 2. The topological polar surface area (TPSA) is 86.8 Å². The fraction of sp³-hybridized carbons (Fsp3) is 0.333. The van der Waals surface area contributed by atoms with E-state index in [1.54, 1.807) is 0 Å². The molecule has 2 amide bonds. The normalized spacial score (nSPS) is 12.5. The second kappa shape index (κ2) is 13.1. The van der Waals surface area contributed by atoms with Crippen LogP contribution in [-0.2, 0) is 32.6 Å². The molecule has 0 spiro atoms. The molecule has 0 heterocycles. The molecule has 214 valence electrons. The zero-order valence-electron chi connectivity index (χ0n) is 23.3. The molecule has 0 aliphatic rings. The summed E-state index contributed by atoms with van der Waals surface area (Å²) in [5, 5.41) is 3.46. The molecule has 10 heteroatoms. The van der Waals surface area contributed by atoms with E-state index in [0.717, 1.165) is 27.3 Å². The van der Waals surface area contributed by atoms with Crippen LogP contribution in [0.15, 0.2) is 72.8 Å². The molecule has 7 nitrogen and oxygen atoms in total. The van der Waals surface area contributed by atoms with Gasteiger partial charge in [-0.2, -0.15) is 0 Å². The van der Waals surface area contributed by atoms with Crippen molar-refractivity contribution in [2.45, 2.75) is 52.2 Å². The molecule has 3 aromatic rings. The number of rotatable bonds is 10. The van der Waals surface area contributed by atoms with Crippen molar-refractivity contribution in [3.63, 3.8) is 0 Å².